The number of hydrogen-bond donors (Lipinski definition) is 6. The zero-order chi connectivity index (χ0) is 40.2. The van der Waals surface area contributed by atoms with Gasteiger partial charge in [-0.3, -0.25) is 4.79 Å². The molecule has 55 heavy (non-hydrogen) atoms. The quantitative estimate of drug-likeness (QED) is 0.0288. The highest BCUT2D eigenvalue weighted by molar-refractivity contribution is 5.76. The number of carbonyl (C=O) groups excluding carboxylic acids is 1. The molecule has 0 aromatic carbocycles. The first kappa shape index (κ1) is 50.4. The van der Waals surface area contributed by atoms with Gasteiger partial charge in [0.2, 0.25) is 5.91 Å². The predicted molar refractivity (Wildman–Crippen MR) is 225 cm³/mol. The zero-order valence-corrected chi connectivity index (χ0v) is 34.1. The second-order valence-electron chi connectivity index (χ2n) is 14.4. The molecular formula is C46H77NO8. The van der Waals surface area contributed by atoms with Crippen molar-refractivity contribution in [2.75, 3.05) is 13.2 Å². The first-order valence-corrected chi connectivity index (χ1v) is 21.3. The van der Waals surface area contributed by atoms with Gasteiger partial charge in [0.15, 0.2) is 6.29 Å². The highest BCUT2D eigenvalue weighted by Crippen LogP contribution is 2.22. The second kappa shape index (κ2) is 35.8. The SMILES string of the molecule is CC/C=C\C/C=C\C/C=C\C/C=C\C/C=C\C/C=C\CCCCCCC(=O)NC(COC1OC(CO)C(O)C(O)C1O)C(O)/C=C/CCCCCCCCC. The molecule has 1 aliphatic heterocycles. The van der Waals surface area contributed by atoms with Crippen molar-refractivity contribution >= 4 is 5.91 Å². The van der Waals surface area contributed by atoms with E-state index in [1.54, 1.807) is 6.08 Å². The third-order valence-corrected chi connectivity index (χ3v) is 9.48. The first-order chi connectivity index (χ1) is 26.8. The summed E-state index contributed by atoms with van der Waals surface area (Å²) < 4.78 is 11.1. The molecule has 9 nitrogen and oxygen atoms in total. The fourth-order valence-corrected chi connectivity index (χ4v) is 6.04. The third kappa shape index (κ3) is 26.8. The molecule has 7 unspecified atom stereocenters. The maximum atomic E-state index is 12.9. The molecule has 0 aromatic rings. The number of rotatable bonds is 33. The Labute approximate surface area is 333 Å². The number of aliphatic hydroxyl groups is 5. The smallest absolute Gasteiger partial charge is 0.220 e. The molecule has 9 heteroatoms. The van der Waals surface area contributed by atoms with Gasteiger partial charge >= 0.3 is 0 Å². The minimum atomic E-state index is -1.57. The average Bonchev–Trinajstić information content (AvgIpc) is 3.18. The maximum Gasteiger partial charge on any atom is 0.220 e. The average molecular weight is 772 g/mol. The standard InChI is InChI=1S/C46H77NO8/c1-3-5-7-9-11-13-14-15-16-17-18-19-20-21-22-23-24-25-26-28-30-32-34-36-42(50)47-39(40(49)35-33-31-29-27-12-10-8-6-4-2)38-54-46-45(53)44(52)43(51)41(37-48)55-46/h5,7,11,13,15-16,18-19,21-22,24-25,33,35,39-41,43-46,48-49,51-53H,3-4,6,8-10,12,14,17,20,23,26-32,34,36-38H2,1-2H3,(H,47,50)/b7-5-,13-11-,16-15-,19-18-,22-21-,25-24-,35-33+. The van der Waals surface area contributed by atoms with Crippen LogP contribution in [0.5, 0.6) is 0 Å². The highest BCUT2D eigenvalue weighted by Gasteiger charge is 2.44. The van der Waals surface area contributed by atoms with Crippen LogP contribution in [-0.4, -0.2) is 87.5 Å². The number of hydrogen-bond acceptors (Lipinski definition) is 8. The van der Waals surface area contributed by atoms with Crippen LogP contribution in [0.1, 0.15) is 142 Å². The van der Waals surface area contributed by atoms with Gasteiger partial charge < -0.3 is 40.3 Å². The Morgan fingerprint density at radius 3 is 1.67 bits per heavy atom. The van der Waals surface area contributed by atoms with Crippen molar-refractivity contribution in [3.8, 4) is 0 Å². The van der Waals surface area contributed by atoms with Crippen molar-refractivity contribution < 1.29 is 39.8 Å². The van der Waals surface area contributed by atoms with E-state index >= 15 is 0 Å². The van der Waals surface area contributed by atoms with Crippen LogP contribution in [0.3, 0.4) is 0 Å². The van der Waals surface area contributed by atoms with Crippen LogP contribution in [0.15, 0.2) is 85.1 Å². The van der Waals surface area contributed by atoms with Crippen LogP contribution in [0.25, 0.3) is 0 Å². The first-order valence-electron chi connectivity index (χ1n) is 21.3. The van der Waals surface area contributed by atoms with E-state index in [1.807, 2.05) is 6.08 Å². The molecule has 0 spiro atoms. The van der Waals surface area contributed by atoms with E-state index in [9.17, 15) is 30.3 Å². The van der Waals surface area contributed by atoms with Crippen molar-refractivity contribution in [2.45, 2.75) is 185 Å². The molecule has 7 atom stereocenters. The van der Waals surface area contributed by atoms with E-state index in [0.29, 0.717) is 6.42 Å². The van der Waals surface area contributed by atoms with Gasteiger partial charge in [-0.15, -0.1) is 0 Å². The lowest BCUT2D eigenvalue weighted by atomic mass is 9.99. The minimum Gasteiger partial charge on any atom is -0.394 e. The molecule has 0 saturated carbocycles. The van der Waals surface area contributed by atoms with E-state index in [0.717, 1.165) is 89.9 Å². The van der Waals surface area contributed by atoms with Gasteiger partial charge in [0.05, 0.1) is 25.4 Å². The van der Waals surface area contributed by atoms with Crippen LogP contribution >= 0.6 is 0 Å². The molecule has 314 valence electrons. The largest absolute Gasteiger partial charge is 0.394 e. The fourth-order valence-electron chi connectivity index (χ4n) is 6.04. The summed E-state index contributed by atoms with van der Waals surface area (Å²) in [7, 11) is 0. The van der Waals surface area contributed by atoms with Crippen molar-refractivity contribution in [3.05, 3.63) is 85.1 Å². The number of unbranched alkanes of at least 4 members (excludes halogenated alkanes) is 11. The number of carbonyl (C=O) groups is 1. The van der Waals surface area contributed by atoms with Gasteiger partial charge in [-0.05, 0) is 70.6 Å². The Bertz CT molecular complexity index is 1130. The van der Waals surface area contributed by atoms with Gasteiger partial charge in [0.25, 0.3) is 0 Å². The summed E-state index contributed by atoms with van der Waals surface area (Å²) in [5.74, 6) is -0.209. The van der Waals surface area contributed by atoms with Crippen molar-refractivity contribution in [2.24, 2.45) is 0 Å². The summed E-state index contributed by atoms with van der Waals surface area (Å²) in [5.41, 5.74) is 0. The summed E-state index contributed by atoms with van der Waals surface area (Å²) in [6.07, 6.45) is 42.0. The van der Waals surface area contributed by atoms with Crippen molar-refractivity contribution in [1.29, 1.82) is 0 Å². The van der Waals surface area contributed by atoms with Gasteiger partial charge in [-0.25, -0.2) is 0 Å². The zero-order valence-electron chi connectivity index (χ0n) is 34.1. The molecule has 1 aliphatic rings. The van der Waals surface area contributed by atoms with Gasteiger partial charge in [0.1, 0.15) is 24.4 Å². The Morgan fingerprint density at radius 1 is 0.636 bits per heavy atom. The Balaban J connectivity index is 2.35. The van der Waals surface area contributed by atoms with Crippen LogP contribution in [0.2, 0.25) is 0 Å². The topological polar surface area (TPSA) is 149 Å². The fraction of sp³-hybridized carbons (Fsp3) is 0.674. The number of aliphatic hydroxyl groups excluding tert-OH is 5. The predicted octanol–water partition coefficient (Wildman–Crippen LogP) is 8.38. The van der Waals surface area contributed by atoms with Gasteiger partial charge in [-0.1, -0.05) is 150 Å². The van der Waals surface area contributed by atoms with Crippen LogP contribution in [0, 0.1) is 0 Å². The summed E-state index contributed by atoms with van der Waals surface area (Å²) >= 11 is 0. The number of allylic oxidation sites excluding steroid dienone is 13. The number of ether oxygens (including phenoxy) is 2. The molecule has 0 radical (unpaired) electrons. The molecule has 0 aliphatic carbocycles. The lowest BCUT2D eigenvalue weighted by Gasteiger charge is -2.40. The monoisotopic (exact) mass is 772 g/mol. The summed E-state index contributed by atoms with van der Waals surface area (Å²) in [5, 5.41) is 53.9. The van der Waals surface area contributed by atoms with Crippen LogP contribution < -0.4 is 5.32 Å². The molecule has 6 N–H and O–H groups in total. The molecular weight excluding hydrogens is 695 g/mol. The second-order valence-corrected chi connectivity index (χ2v) is 14.4. The molecule has 1 fully saturated rings. The maximum absolute atomic E-state index is 12.9. The lowest BCUT2D eigenvalue weighted by Crippen LogP contribution is -2.60. The van der Waals surface area contributed by atoms with E-state index in [4.69, 9.17) is 9.47 Å². The van der Waals surface area contributed by atoms with Gasteiger partial charge in [-0.2, -0.15) is 0 Å². The molecule has 0 bridgehead atoms. The number of amides is 1. The minimum absolute atomic E-state index is 0.205. The van der Waals surface area contributed by atoms with E-state index in [2.05, 4.69) is 92.1 Å². The van der Waals surface area contributed by atoms with E-state index in [1.165, 1.54) is 32.1 Å². The molecule has 0 aromatic heterocycles. The normalized spacial score (nSPS) is 22.2. The van der Waals surface area contributed by atoms with Gasteiger partial charge in [0, 0.05) is 6.42 Å². The molecule has 1 heterocycles. The van der Waals surface area contributed by atoms with Crippen LogP contribution in [-0.2, 0) is 14.3 Å². The van der Waals surface area contributed by atoms with Crippen LogP contribution in [0.4, 0.5) is 0 Å². The Kier molecular flexibility index (Phi) is 32.8. The van der Waals surface area contributed by atoms with Crippen molar-refractivity contribution in [1.82, 2.24) is 5.32 Å². The summed E-state index contributed by atoms with van der Waals surface area (Å²) in [4.78, 5) is 12.9. The highest BCUT2D eigenvalue weighted by atomic mass is 16.7. The molecule has 1 saturated heterocycles. The Morgan fingerprint density at radius 2 is 1.13 bits per heavy atom. The van der Waals surface area contributed by atoms with Crippen molar-refractivity contribution in [3.63, 3.8) is 0 Å². The van der Waals surface area contributed by atoms with E-state index in [-0.39, 0.29) is 12.5 Å². The molecule has 1 amide bonds. The summed E-state index contributed by atoms with van der Waals surface area (Å²) in [6, 6.07) is -0.821. The summed E-state index contributed by atoms with van der Waals surface area (Å²) in [6.45, 7) is 3.58. The molecule has 1 rings (SSSR count). The Hall–Kier alpha value is -2.63. The number of nitrogens with one attached hydrogen (secondary N) is 1. The van der Waals surface area contributed by atoms with E-state index < -0.39 is 49.5 Å². The lowest BCUT2D eigenvalue weighted by molar-refractivity contribution is -0.302. The third-order valence-electron chi connectivity index (χ3n) is 9.48.